The molecule has 7 nitrogen and oxygen atoms in total. The molecule has 43 heavy (non-hydrogen) atoms. The zero-order valence-electron chi connectivity index (χ0n) is 24.5. The van der Waals surface area contributed by atoms with Crippen LogP contribution in [0.25, 0.3) is 0 Å². The van der Waals surface area contributed by atoms with Crippen LogP contribution in [-0.4, -0.2) is 43.3 Å². The molecule has 4 rings (SSSR count). The monoisotopic (exact) mass is 661 g/mol. The van der Waals surface area contributed by atoms with Crippen molar-refractivity contribution in [2.45, 2.75) is 50.2 Å². The number of nitrogens with zero attached hydrogens (tertiary/aromatic N) is 2. The molecule has 2 amide bonds. The largest absolute Gasteiger partial charge is 0.350 e. The third-order valence-corrected chi connectivity index (χ3v) is 8.95. The van der Waals surface area contributed by atoms with Crippen molar-refractivity contribution in [1.29, 1.82) is 0 Å². The van der Waals surface area contributed by atoms with Gasteiger partial charge in [-0.3, -0.25) is 13.9 Å². The Morgan fingerprint density at radius 2 is 1.35 bits per heavy atom. The van der Waals surface area contributed by atoms with E-state index in [4.69, 9.17) is 0 Å². The number of halogens is 1. The number of hydrogen-bond donors (Lipinski definition) is 1. The lowest BCUT2D eigenvalue weighted by Gasteiger charge is -2.35. The molecular formula is C34H36BrN3O4S. The van der Waals surface area contributed by atoms with Gasteiger partial charge in [0.25, 0.3) is 10.0 Å². The summed E-state index contributed by atoms with van der Waals surface area (Å²) >= 11 is 3.50. The first kappa shape index (κ1) is 32.0. The molecule has 0 bridgehead atoms. The molecule has 0 aliphatic rings. The lowest BCUT2D eigenvalue weighted by molar-refractivity contribution is -0.140. The summed E-state index contributed by atoms with van der Waals surface area (Å²) < 4.78 is 29.8. The van der Waals surface area contributed by atoms with E-state index in [-0.39, 0.29) is 23.8 Å². The van der Waals surface area contributed by atoms with Crippen LogP contribution in [0.3, 0.4) is 0 Å². The van der Waals surface area contributed by atoms with Crippen LogP contribution in [0.2, 0.25) is 0 Å². The van der Waals surface area contributed by atoms with Crippen LogP contribution in [0.1, 0.15) is 31.9 Å². The number of hydrogen-bond acceptors (Lipinski definition) is 4. The molecule has 0 saturated heterocycles. The minimum atomic E-state index is -4.12. The van der Waals surface area contributed by atoms with Gasteiger partial charge in [-0.25, -0.2) is 8.42 Å². The minimum absolute atomic E-state index is 0.0662. The Morgan fingerprint density at radius 3 is 1.93 bits per heavy atom. The van der Waals surface area contributed by atoms with Crippen LogP contribution in [0.15, 0.2) is 125 Å². The molecule has 4 aromatic carbocycles. The fourth-order valence-corrected chi connectivity index (χ4v) is 6.56. The maximum Gasteiger partial charge on any atom is 0.264 e. The summed E-state index contributed by atoms with van der Waals surface area (Å²) in [7, 11) is -4.12. The number of sulfonamides is 1. The summed E-state index contributed by atoms with van der Waals surface area (Å²) in [6.07, 6.45) is 0.249. The number of anilines is 1. The molecular weight excluding hydrogens is 626 g/mol. The first-order valence-corrected chi connectivity index (χ1v) is 16.2. The van der Waals surface area contributed by atoms with Crippen LogP contribution in [0.5, 0.6) is 0 Å². The summed E-state index contributed by atoms with van der Waals surface area (Å²) in [5.41, 5.74) is 1.46. The summed E-state index contributed by atoms with van der Waals surface area (Å²) in [5, 5.41) is 3.04. The van der Waals surface area contributed by atoms with E-state index in [1.807, 2.05) is 75.4 Å². The number of benzene rings is 4. The van der Waals surface area contributed by atoms with E-state index >= 15 is 0 Å². The molecule has 0 aromatic heterocycles. The van der Waals surface area contributed by atoms with Gasteiger partial charge in [0.05, 0.1) is 10.6 Å². The van der Waals surface area contributed by atoms with E-state index in [9.17, 15) is 18.0 Å². The Balaban J connectivity index is 1.80. The quantitative estimate of drug-likeness (QED) is 0.207. The first-order chi connectivity index (χ1) is 20.4. The van der Waals surface area contributed by atoms with Crippen molar-refractivity contribution >= 4 is 43.5 Å². The average Bonchev–Trinajstić information content (AvgIpc) is 2.98. The Kier molecular flexibility index (Phi) is 10.4. The Hall–Kier alpha value is -3.95. The van der Waals surface area contributed by atoms with Gasteiger partial charge in [-0.1, -0.05) is 94.8 Å². The van der Waals surface area contributed by atoms with Gasteiger partial charge in [0, 0.05) is 23.0 Å². The maximum atomic E-state index is 14.4. The SMILES string of the molecule is CC(C)(C)NC(=O)[C@H](Cc1ccccc1)N(Cc1cccc(Br)c1)C(=O)CN(c1ccccc1)S(=O)(=O)c1ccccc1. The van der Waals surface area contributed by atoms with Crippen LogP contribution in [-0.2, 0) is 32.6 Å². The van der Waals surface area contributed by atoms with Crippen LogP contribution in [0, 0.1) is 0 Å². The van der Waals surface area contributed by atoms with Gasteiger partial charge in [-0.05, 0) is 68.3 Å². The highest BCUT2D eigenvalue weighted by atomic mass is 79.9. The smallest absolute Gasteiger partial charge is 0.264 e. The summed E-state index contributed by atoms with van der Waals surface area (Å²) in [6.45, 7) is 5.25. The molecule has 4 aromatic rings. The molecule has 1 N–H and O–H groups in total. The second kappa shape index (κ2) is 14.0. The van der Waals surface area contributed by atoms with Gasteiger partial charge < -0.3 is 10.2 Å². The highest BCUT2D eigenvalue weighted by Crippen LogP contribution is 2.25. The van der Waals surface area contributed by atoms with Gasteiger partial charge in [0.2, 0.25) is 11.8 Å². The summed E-state index contributed by atoms with van der Waals surface area (Å²) in [4.78, 5) is 29.9. The molecule has 9 heteroatoms. The summed E-state index contributed by atoms with van der Waals surface area (Å²) in [5.74, 6) is -0.829. The molecule has 1 atom stereocenters. The number of amides is 2. The second-order valence-electron chi connectivity index (χ2n) is 11.3. The van der Waals surface area contributed by atoms with Gasteiger partial charge in [0.1, 0.15) is 12.6 Å². The van der Waals surface area contributed by atoms with Crippen molar-refractivity contribution in [3.63, 3.8) is 0 Å². The van der Waals surface area contributed by atoms with Crippen molar-refractivity contribution in [2.75, 3.05) is 10.8 Å². The lowest BCUT2D eigenvalue weighted by atomic mass is 10.0. The van der Waals surface area contributed by atoms with Crippen LogP contribution in [0.4, 0.5) is 5.69 Å². The molecule has 224 valence electrons. The zero-order valence-corrected chi connectivity index (χ0v) is 26.9. The molecule has 0 radical (unpaired) electrons. The van der Waals surface area contributed by atoms with Crippen LogP contribution < -0.4 is 9.62 Å². The predicted octanol–water partition coefficient (Wildman–Crippen LogP) is 6.20. The number of rotatable bonds is 11. The normalized spacial score (nSPS) is 12.3. The van der Waals surface area contributed by atoms with E-state index in [0.29, 0.717) is 5.69 Å². The van der Waals surface area contributed by atoms with Gasteiger partial charge in [0.15, 0.2) is 0 Å². The molecule has 0 spiro atoms. The number of nitrogens with one attached hydrogen (secondary N) is 1. The van der Waals surface area contributed by atoms with Crippen molar-refractivity contribution in [1.82, 2.24) is 10.2 Å². The van der Waals surface area contributed by atoms with Crippen molar-refractivity contribution in [2.24, 2.45) is 0 Å². The van der Waals surface area contributed by atoms with E-state index in [0.717, 1.165) is 19.9 Å². The molecule has 0 fully saturated rings. The third-order valence-electron chi connectivity index (χ3n) is 6.67. The van der Waals surface area contributed by atoms with Crippen molar-refractivity contribution < 1.29 is 18.0 Å². The third kappa shape index (κ3) is 8.78. The zero-order chi connectivity index (χ0) is 31.0. The number of carbonyl (C=O) groups is 2. The molecule has 0 aliphatic carbocycles. The van der Waals surface area contributed by atoms with E-state index in [2.05, 4.69) is 21.2 Å². The molecule has 0 saturated carbocycles. The molecule has 0 heterocycles. The van der Waals surface area contributed by atoms with E-state index < -0.39 is 34.1 Å². The van der Waals surface area contributed by atoms with E-state index in [1.165, 1.54) is 17.0 Å². The number of carbonyl (C=O) groups excluding carboxylic acids is 2. The number of para-hydroxylation sites is 1. The highest BCUT2D eigenvalue weighted by molar-refractivity contribution is 9.10. The Labute approximate surface area is 262 Å². The standard InChI is InChI=1S/C34H36BrN3O4S/c1-34(2,3)36-33(40)31(23-26-14-7-4-8-15-26)37(24-27-16-13-17-28(35)22-27)32(39)25-38(29-18-9-5-10-19-29)43(41,42)30-20-11-6-12-21-30/h4-22,31H,23-25H2,1-3H3,(H,36,40)/t31-/m0/s1. The predicted molar refractivity (Wildman–Crippen MR) is 174 cm³/mol. The molecule has 0 unspecified atom stereocenters. The van der Waals surface area contributed by atoms with Gasteiger partial charge >= 0.3 is 0 Å². The fraction of sp³-hybridized carbons (Fsp3) is 0.235. The fourth-order valence-electron chi connectivity index (χ4n) is 4.68. The summed E-state index contributed by atoms with van der Waals surface area (Å²) in [6, 6.07) is 32.6. The first-order valence-electron chi connectivity index (χ1n) is 14.0. The Morgan fingerprint density at radius 1 is 0.791 bits per heavy atom. The molecule has 0 aliphatic heterocycles. The van der Waals surface area contributed by atoms with Crippen LogP contribution >= 0.6 is 15.9 Å². The van der Waals surface area contributed by atoms with Crippen molar-refractivity contribution in [3.05, 3.63) is 131 Å². The maximum absolute atomic E-state index is 14.4. The van der Waals surface area contributed by atoms with Gasteiger partial charge in [-0.2, -0.15) is 0 Å². The lowest BCUT2D eigenvalue weighted by Crippen LogP contribution is -2.56. The van der Waals surface area contributed by atoms with E-state index in [1.54, 1.807) is 48.5 Å². The van der Waals surface area contributed by atoms with Crippen molar-refractivity contribution in [3.8, 4) is 0 Å². The highest BCUT2D eigenvalue weighted by Gasteiger charge is 2.35. The second-order valence-corrected chi connectivity index (χ2v) is 14.0. The van der Waals surface area contributed by atoms with Gasteiger partial charge in [-0.15, -0.1) is 0 Å². The average molecular weight is 663 g/mol. The minimum Gasteiger partial charge on any atom is -0.350 e. The topological polar surface area (TPSA) is 86.8 Å². The Bertz CT molecular complexity index is 1630.